The number of halogens is 4. The van der Waals surface area contributed by atoms with Crippen molar-refractivity contribution < 1.29 is 41.5 Å². The van der Waals surface area contributed by atoms with E-state index in [1.54, 1.807) is 0 Å². The van der Waals surface area contributed by atoms with Gasteiger partial charge in [0.2, 0.25) is 17.2 Å². The number of urea groups is 1. The summed E-state index contributed by atoms with van der Waals surface area (Å²) in [6, 6.07) is -1.74. The normalized spacial score (nSPS) is 22.4. The Kier molecular flexibility index (Phi) is 4.32. The number of carbonyl (C=O) groups is 4. The van der Waals surface area contributed by atoms with Crippen LogP contribution >= 0.6 is 0 Å². The van der Waals surface area contributed by atoms with Crippen molar-refractivity contribution in [1.29, 1.82) is 0 Å². The van der Waals surface area contributed by atoms with Crippen molar-refractivity contribution >= 4 is 23.8 Å². The largest absolute Gasteiger partial charge is 0.469 e. The van der Waals surface area contributed by atoms with Crippen LogP contribution in [0.2, 0.25) is 0 Å². The molecule has 150 valence electrons. The summed E-state index contributed by atoms with van der Waals surface area (Å²) in [4.78, 5) is 51.0. The molecule has 0 radical (unpaired) electrons. The Labute approximate surface area is 155 Å². The summed E-state index contributed by atoms with van der Waals surface area (Å²) in [5.74, 6) is -13.4. The molecule has 1 unspecified atom stereocenters. The molecule has 1 N–H and O–H groups in total. The van der Waals surface area contributed by atoms with Crippen LogP contribution in [0.1, 0.15) is 31.1 Å². The highest BCUT2D eigenvalue weighted by molar-refractivity contribution is 6.24. The Morgan fingerprint density at radius 3 is 2.14 bits per heavy atom. The fraction of sp³-hybridized carbons (Fsp3) is 0.375. The van der Waals surface area contributed by atoms with E-state index in [2.05, 4.69) is 0 Å². The number of amides is 5. The second kappa shape index (κ2) is 6.17. The molecule has 2 aliphatic heterocycles. The second-order valence-electron chi connectivity index (χ2n) is 6.57. The highest BCUT2D eigenvalue weighted by atomic mass is 19.2. The Hall–Kier alpha value is -3.18. The van der Waals surface area contributed by atoms with Gasteiger partial charge in [0.1, 0.15) is 5.56 Å². The van der Waals surface area contributed by atoms with Gasteiger partial charge in [0, 0.05) is 6.04 Å². The van der Waals surface area contributed by atoms with Crippen LogP contribution in [0.15, 0.2) is 0 Å². The van der Waals surface area contributed by atoms with Crippen LogP contribution in [0.3, 0.4) is 0 Å². The number of hydrogen-bond acceptors (Lipinski definition) is 5. The van der Waals surface area contributed by atoms with E-state index in [9.17, 15) is 36.7 Å². The van der Waals surface area contributed by atoms with Gasteiger partial charge in [0.05, 0.1) is 0 Å². The number of hydrogen-bond donors (Lipinski definition) is 1. The fourth-order valence-corrected chi connectivity index (χ4v) is 3.00. The standard InChI is InChI=1S/C16H13F4N3O5/c1-5(2)23-14(26)16(3,13(25)21-15(23)27)22-4-28-11-6(12(22)24)7(17)8(18)9(19)10(11)20/h5H,4H2,1-3H3,(H,21,25,27). The molecule has 28 heavy (non-hydrogen) atoms. The van der Waals surface area contributed by atoms with Gasteiger partial charge in [-0.3, -0.25) is 29.5 Å². The maximum absolute atomic E-state index is 14.1. The molecule has 1 aromatic carbocycles. The number of fused-ring (bicyclic) bond motifs is 1. The van der Waals surface area contributed by atoms with Gasteiger partial charge in [-0.05, 0) is 20.8 Å². The Bertz CT molecular complexity index is 951. The first kappa shape index (κ1) is 19.6. The zero-order valence-corrected chi connectivity index (χ0v) is 14.7. The van der Waals surface area contributed by atoms with E-state index in [1.165, 1.54) is 13.8 Å². The van der Waals surface area contributed by atoms with Gasteiger partial charge < -0.3 is 4.74 Å². The van der Waals surface area contributed by atoms with Crippen LogP contribution in [0.5, 0.6) is 5.75 Å². The number of imide groups is 2. The Morgan fingerprint density at radius 1 is 1.00 bits per heavy atom. The second-order valence-corrected chi connectivity index (χ2v) is 6.57. The van der Waals surface area contributed by atoms with Crippen molar-refractivity contribution in [3.63, 3.8) is 0 Å². The summed E-state index contributed by atoms with van der Waals surface area (Å²) in [6.45, 7) is 2.94. The SMILES string of the molecule is CC(C)N1C(=O)NC(=O)C(C)(N2COc3c(F)c(F)c(F)c(F)c3C2=O)C1=O. The maximum Gasteiger partial charge on any atom is 0.331 e. The molecule has 2 heterocycles. The minimum Gasteiger partial charge on any atom is -0.469 e. The molecule has 5 amide bonds. The highest BCUT2D eigenvalue weighted by Crippen LogP contribution is 2.37. The lowest BCUT2D eigenvalue weighted by atomic mass is 9.92. The minimum absolute atomic E-state index is 0.411. The van der Waals surface area contributed by atoms with Crippen molar-refractivity contribution in [3.05, 3.63) is 28.8 Å². The first-order valence-electron chi connectivity index (χ1n) is 7.94. The number of benzene rings is 1. The average molecular weight is 403 g/mol. The lowest BCUT2D eigenvalue weighted by Gasteiger charge is -2.45. The summed E-state index contributed by atoms with van der Waals surface area (Å²) in [6.07, 6.45) is 0. The smallest absolute Gasteiger partial charge is 0.331 e. The van der Waals surface area contributed by atoms with Gasteiger partial charge in [-0.25, -0.2) is 18.0 Å². The van der Waals surface area contributed by atoms with Gasteiger partial charge in [0.25, 0.3) is 17.7 Å². The van der Waals surface area contributed by atoms with E-state index >= 15 is 0 Å². The van der Waals surface area contributed by atoms with Crippen molar-refractivity contribution in [2.24, 2.45) is 0 Å². The van der Waals surface area contributed by atoms with Crippen molar-refractivity contribution in [2.75, 3.05) is 6.73 Å². The average Bonchev–Trinajstić information content (AvgIpc) is 2.62. The monoisotopic (exact) mass is 403 g/mol. The topological polar surface area (TPSA) is 96.0 Å². The number of barbiturate groups is 1. The maximum atomic E-state index is 14.1. The van der Waals surface area contributed by atoms with E-state index < -0.39 is 76.6 Å². The van der Waals surface area contributed by atoms with Gasteiger partial charge in [-0.2, -0.15) is 4.39 Å². The van der Waals surface area contributed by atoms with Crippen LogP contribution in [0.4, 0.5) is 22.4 Å². The van der Waals surface area contributed by atoms with Crippen LogP contribution < -0.4 is 10.1 Å². The molecule has 0 aliphatic carbocycles. The predicted octanol–water partition coefficient (Wildman–Crippen LogP) is 1.28. The summed E-state index contributed by atoms with van der Waals surface area (Å²) in [5.41, 5.74) is -3.70. The first-order chi connectivity index (χ1) is 12.9. The minimum atomic E-state index is -2.39. The van der Waals surface area contributed by atoms with Crippen LogP contribution in [-0.4, -0.2) is 51.9 Å². The molecule has 3 rings (SSSR count). The zero-order chi connectivity index (χ0) is 21.1. The molecule has 0 spiro atoms. The van der Waals surface area contributed by atoms with E-state index in [0.29, 0.717) is 9.80 Å². The quantitative estimate of drug-likeness (QED) is 0.347. The molecule has 1 fully saturated rings. The van der Waals surface area contributed by atoms with E-state index in [1.807, 2.05) is 5.32 Å². The van der Waals surface area contributed by atoms with Gasteiger partial charge in [-0.1, -0.05) is 0 Å². The zero-order valence-electron chi connectivity index (χ0n) is 14.7. The van der Waals surface area contributed by atoms with E-state index in [0.717, 1.165) is 6.92 Å². The number of rotatable bonds is 2. The van der Waals surface area contributed by atoms with Gasteiger partial charge in [-0.15, -0.1) is 0 Å². The van der Waals surface area contributed by atoms with E-state index in [4.69, 9.17) is 4.74 Å². The third-order valence-corrected chi connectivity index (χ3v) is 4.59. The summed E-state index contributed by atoms with van der Waals surface area (Å²) >= 11 is 0. The third kappa shape index (κ3) is 2.36. The summed E-state index contributed by atoms with van der Waals surface area (Å²) < 4.78 is 59.8. The third-order valence-electron chi connectivity index (χ3n) is 4.59. The highest BCUT2D eigenvalue weighted by Gasteiger charge is 2.58. The Balaban J connectivity index is 2.14. The lowest BCUT2D eigenvalue weighted by Crippen LogP contribution is -2.75. The molecule has 0 aromatic heterocycles. The van der Waals surface area contributed by atoms with Crippen molar-refractivity contribution in [3.8, 4) is 5.75 Å². The van der Waals surface area contributed by atoms with E-state index in [-0.39, 0.29) is 0 Å². The van der Waals surface area contributed by atoms with Crippen LogP contribution in [0.25, 0.3) is 0 Å². The predicted molar refractivity (Wildman–Crippen MR) is 81.9 cm³/mol. The number of ether oxygens (including phenoxy) is 1. The fourth-order valence-electron chi connectivity index (χ4n) is 3.00. The number of carbonyl (C=O) groups excluding carboxylic acids is 4. The summed E-state index contributed by atoms with van der Waals surface area (Å²) in [7, 11) is 0. The van der Waals surface area contributed by atoms with Crippen LogP contribution in [0, 0.1) is 23.3 Å². The molecule has 2 aliphatic rings. The van der Waals surface area contributed by atoms with Crippen molar-refractivity contribution in [2.45, 2.75) is 32.4 Å². The molecule has 0 saturated carbocycles. The Morgan fingerprint density at radius 2 is 1.57 bits per heavy atom. The van der Waals surface area contributed by atoms with Crippen molar-refractivity contribution in [1.82, 2.24) is 15.1 Å². The molecule has 8 nitrogen and oxygen atoms in total. The lowest BCUT2D eigenvalue weighted by molar-refractivity contribution is -0.155. The molecule has 0 bridgehead atoms. The number of nitrogens with zero attached hydrogens (tertiary/aromatic N) is 2. The van der Waals surface area contributed by atoms with Crippen LogP contribution in [-0.2, 0) is 9.59 Å². The molecular formula is C16H13F4N3O5. The molecule has 1 saturated heterocycles. The first-order valence-corrected chi connectivity index (χ1v) is 7.94. The van der Waals surface area contributed by atoms with Gasteiger partial charge in [0.15, 0.2) is 24.1 Å². The molecule has 1 atom stereocenters. The molecular weight excluding hydrogens is 390 g/mol. The van der Waals surface area contributed by atoms with Gasteiger partial charge >= 0.3 is 6.03 Å². The number of nitrogens with one attached hydrogen (secondary N) is 1. The summed E-state index contributed by atoms with van der Waals surface area (Å²) in [5, 5.41) is 1.90. The molecule has 1 aromatic rings. The molecule has 12 heteroatoms.